The summed E-state index contributed by atoms with van der Waals surface area (Å²) in [5.41, 5.74) is 1.33. The summed E-state index contributed by atoms with van der Waals surface area (Å²) in [4.78, 5) is 29.1. The largest absolute Gasteiger partial charge is 0.381 e. The van der Waals surface area contributed by atoms with Gasteiger partial charge in [0, 0.05) is 50.7 Å². The van der Waals surface area contributed by atoms with Gasteiger partial charge >= 0.3 is 0 Å². The number of carbonyl (C=O) groups is 2. The van der Waals surface area contributed by atoms with E-state index >= 15 is 0 Å². The van der Waals surface area contributed by atoms with Crippen LogP contribution in [0.1, 0.15) is 31.2 Å². The summed E-state index contributed by atoms with van der Waals surface area (Å²) in [7, 11) is 0. The first-order chi connectivity index (χ1) is 12.7. The van der Waals surface area contributed by atoms with E-state index in [1.165, 1.54) is 0 Å². The van der Waals surface area contributed by atoms with Crippen LogP contribution in [0.15, 0.2) is 30.3 Å². The van der Waals surface area contributed by atoms with Gasteiger partial charge in [-0.15, -0.1) is 0 Å². The van der Waals surface area contributed by atoms with Crippen molar-refractivity contribution in [1.82, 2.24) is 9.80 Å². The number of nitrogens with zero attached hydrogens (tertiary/aromatic N) is 2. The average molecular weight is 356 g/mol. The predicted molar refractivity (Wildman–Crippen MR) is 98.5 cm³/mol. The van der Waals surface area contributed by atoms with Crippen molar-refractivity contribution in [3.05, 3.63) is 35.9 Å². The van der Waals surface area contributed by atoms with E-state index in [9.17, 15) is 9.59 Å². The normalized spacial score (nSPS) is 22.9. The van der Waals surface area contributed by atoms with Crippen LogP contribution in [0.3, 0.4) is 0 Å². The Labute approximate surface area is 155 Å². The number of ether oxygens (including phenoxy) is 1. The van der Waals surface area contributed by atoms with Crippen molar-refractivity contribution < 1.29 is 14.3 Å². The van der Waals surface area contributed by atoms with Crippen molar-refractivity contribution >= 4 is 11.8 Å². The summed E-state index contributed by atoms with van der Waals surface area (Å²) in [6.45, 7) is 4.84. The molecule has 0 atom stereocenters. The van der Waals surface area contributed by atoms with E-state index in [0.717, 1.165) is 57.4 Å². The molecule has 0 radical (unpaired) electrons. The molecular weight excluding hydrogens is 328 g/mol. The highest BCUT2D eigenvalue weighted by molar-refractivity contribution is 5.80. The molecule has 1 aromatic rings. The van der Waals surface area contributed by atoms with E-state index in [1.54, 1.807) is 0 Å². The molecule has 0 saturated carbocycles. The summed E-state index contributed by atoms with van der Waals surface area (Å²) in [5.74, 6) is 0.704. The third-order valence-corrected chi connectivity index (χ3v) is 6.31. The van der Waals surface area contributed by atoms with Crippen LogP contribution in [-0.4, -0.2) is 61.0 Å². The zero-order valence-electron chi connectivity index (χ0n) is 15.4. The van der Waals surface area contributed by atoms with Crippen molar-refractivity contribution in [2.45, 2.75) is 32.1 Å². The molecule has 4 rings (SSSR count). The fourth-order valence-corrected chi connectivity index (χ4v) is 4.55. The smallest absolute Gasteiger partial charge is 0.226 e. The molecule has 3 fully saturated rings. The Bertz CT molecular complexity index is 638. The maximum Gasteiger partial charge on any atom is 0.226 e. The lowest BCUT2D eigenvalue weighted by molar-refractivity contribution is -0.156. The van der Waals surface area contributed by atoms with E-state index in [0.29, 0.717) is 25.5 Å². The standard InChI is InChI=1S/C21H28N2O3/c24-19(14-17-4-2-1-3-5-17)22-10-8-21(9-11-22)15-23(16-21)20(25)18-6-12-26-13-7-18/h1-5,18H,6-16H2. The molecule has 0 aromatic heterocycles. The average Bonchev–Trinajstić information content (AvgIpc) is 2.67. The van der Waals surface area contributed by atoms with E-state index in [1.807, 2.05) is 40.1 Å². The predicted octanol–water partition coefficient (Wildman–Crippen LogP) is 2.11. The van der Waals surface area contributed by atoms with Crippen molar-refractivity contribution in [1.29, 1.82) is 0 Å². The van der Waals surface area contributed by atoms with Gasteiger partial charge in [-0.05, 0) is 31.2 Å². The number of carbonyl (C=O) groups excluding carboxylic acids is 2. The first-order valence-electron chi connectivity index (χ1n) is 9.83. The van der Waals surface area contributed by atoms with Crippen molar-refractivity contribution in [3.8, 4) is 0 Å². The minimum absolute atomic E-state index is 0.161. The number of amides is 2. The maximum atomic E-state index is 12.6. The molecule has 3 saturated heterocycles. The van der Waals surface area contributed by atoms with Gasteiger partial charge in [0.05, 0.1) is 6.42 Å². The van der Waals surface area contributed by atoms with Crippen LogP contribution in [0, 0.1) is 11.3 Å². The van der Waals surface area contributed by atoms with E-state index in [2.05, 4.69) is 0 Å². The van der Waals surface area contributed by atoms with E-state index in [4.69, 9.17) is 4.74 Å². The lowest BCUT2D eigenvalue weighted by atomic mass is 9.71. The van der Waals surface area contributed by atoms with E-state index in [-0.39, 0.29) is 17.2 Å². The molecule has 0 bridgehead atoms. The van der Waals surface area contributed by atoms with Crippen LogP contribution >= 0.6 is 0 Å². The molecular formula is C21H28N2O3. The summed E-state index contributed by atoms with van der Waals surface area (Å²) in [5, 5.41) is 0. The maximum absolute atomic E-state index is 12.6. The second-order valence-electron chi connectivity index (χ2n) is 8.12. The Kier molecular flexibility index (Phi) is 4.98. The van der Waals surface area contributed by atoms with Crippen LogP contribution in [0.4, 0.5) is 0 Å². The van der Waals surface area contributed by atoms with Crippen LogP contribution in [0.25, 0.3) is 0 Å². The Morgan fingerprint density at radius 2 is 1.65 bits per heavy atom. The monoisotopic (exact) mass is 356 g/mol. The molecule has 3 heterocycles. The number of benzene rings is 1. The molecule has 26 heavy (non-hydrogen) atoms. The zero-order valence-corrected chi connectivity index (χ0v) is 15.4. The highest BCUT2D eigenvalue weighted by atomic mass is 16.5. The Morgan fingerprint density at radius 1 is 1.00 bits per heavy atom. The van der Waals surface area contributed by atoms with Crippen molar-refractivity contribution in [3.63, 3.8) is 0 Å². The van der Waals surface area contributed by atoms with Crippen molar-refractivity contribution in [2.24, 2.45) is 11.3 Å². The quantitative estimate of drug-likeness (QED) is 0.833. The lowest BCUT2D eigenvalue weighted by Gasteiger charge is -2.54. The van der Waals surface area contributed by atoms with Gasteiger partial charge in [-0.3, -0.25) is 9.59 Å². The van der Waals surface area contributed by atoms with Gasteiger partial charge in [0.25, 0.3) is 0 Å². The van der Waals surface area contributed by atoms with Crippen LogP contribution < -0.4 is 0 Å². The highest BCUT2D eigenvalue weighted by Crippen LogP contribution is 2.41. The second kappa shape index (κ2) is 7.39. The van der Waals surface area contributed by atoms with Crippen LogP contribution in [0.2, 0.25) is 0 Å². The summed E-state index contributed by atoms with van der Waals surface area (Å²) in [6.07, 6.45) is 4.26. The molecule has 3 aliphatic rings. The third kappa shape index (κ3) is 3.63. The van der Waals surface area contributed by atoms with E-state index < -0.39 is 0 Å². The molecule has 3 aliphatic heterocycles. The van der Waals surface area contributed by atoms with Gasteiger partial charge in [-0.2, -0.15) is 0 Å². The molecule has 1 spiro atoms. The van der Waals surface area contributed by atoms with Gasteiger partial charge in [0.2, 0.25) is 11.8 Å². The number of piperidine rings is 1. The first-order valence-corrected chi connectivity index (χ1v) is 9.83. The van der Waals surface area contributed by atoms with Crippen LogP contribution in [-0.2, 0) is 20.7 Å². The topological polar surface area (TPSA) is 49.9 Å². The SMILES string of the molecule is O=C(Cc1ccccc1)N1CCC2(CC1)CN(C(=O)C1CCOCC1)C2. The number of likely N-dealkylation sites (tertiary alicyclic amines) is 2. The molecule has 0 unspecified atom stereocenters. The highest BCUT2D eigenvalue weighted by Gasteiger charge is 2.48. The molecule has 0 N–H and O–H groups in total. The molecule has 0 aliphatic carbocycles. The number of hydrogen-bond donors (Lipinski definition) is 0. The van der Waals surface area contributed by atoms with Crippen LogP contribution in [0.5, 0.6) is 0 Å². The first kappa shape index (κ1) is 17.5. The minimum Gasteiger partial charge on any atom is -0.381 e. The van der Waals surface area contributed by atoms with Gasteiger partial charge in [0.15, 0.2) is 0 Å². The van der Waals surface area contributed by atoms with Crippen molar-refractivity contribution in [2.75, 3.05) is 39.4 Å². The fraction of sp³-hybridized carbons (Fsp3) is 0.619. The second-order valence-corrected chi connectivity index (χ2v) is 8.12. The van der Waals surface area contributed by atoms with Gasteiger partial charge in [-0.1, -0.05) is 30.3 Å². The molecule has 2 amide bonds. The number of hydrogen-bond acceptors (Lipinski definition) is 3. The fourth-order valence-electron chi connectivity index (χ4n) is 4.55. The molecule has 1 aromatic carbocycles. The van der Waals surface area contributed by atoms with Gasteiger partial charge in [0.1, 0.15) is 0 Å². The van der Waals surface area contributed by atoms with Gasteiger partial charge < -0.3 is 14.5 Å². The van der Waals surface area contributed by atoms with Gasteiger partial charge in [-0.25, -0.2) is 0 Å². The zero-order chi connectivity index (χ0) is 18.0. The Balaban J connectivity index is 1.24. The Morgan fingerprint density at radius 3 is 2.31 bits per heavy atom. The summed E-state index contributed by atoms with van der Waals surface area (Å²) >= 11 is 0. The Hall–Kier alpha value is -1.88. The molecule has 140 valence electrons. The third-order valence-electron chi connectivity index (χ3n) is 6.31. The summed E-state index contributed by atoms with van der Waals surface area (Å²) in [6, 6.07) is 9.95. The molecule has 5 nitrogen and oxygen atoms in total. The minimum atomic E-state index is 0.161. The number of rotatable bonds is 3. The molecule has 5 heteroatoms. The summed E-state index contributed by atoms with van der Waals surface area (Å²) < 4.78 is 5.36. The lowest BCUT2D eigenvalue weighted by Crippen LogP contribution is -2.63.